The number of aliphatic imine (C=N–C) groups is 1. The van der Waals surface area contributed by atoms with Gasteiger partial charge in [0.1, 0.15) is 6.54 Å². The predicted octanol–water partition coefficient (Wildman–Crippen LogP) is 3.16. The molecule has 1 unspecified atom stereocenters. The van der Waals surface area contributed by atoms with Crippen LogP contribution in [0.3, 0.4) is 0 Å². The Morgan fingerprint density at radius 3 is 2.33 bits per heavy atom. The fourth-order valence-corrected chi connectivity index (χ4v) is 3.12. The number of nitrogens with one attached hydrogen (secondary N) is 2. The fourth-order valence-electron chi connectivity index (χ4n) is 2.33. The van der Waals surface area contributed by atoms with Gasteiger partial charge in [0.2, 0.25) is 5.91 Å². The molecule has 0 bridgehead atoms. The zero-order valence-electron chi connectivity index (χ0n) is 16.2. The molecule has 2 rings (SSSR count). The zero-order chi connectivity index (χ0) is 19.5. The smallest absolute Gasteiger partial charge is 0.243 e. The maximum Gasteiger partial charge on any atom is 0.243 e. The van der Waals surface area contributed by atoms with Crippen molar-refractivity contribution in [2.24, 2.45) is 4.99 Å². The quantitative estimate of drug-likeness (QED) is 0.318. The first-order valence-electron chi connectivity index (χ1n) is 9.04. The first-order valence-corrected chi connectivity index (χ1v) is 10.0. The van der Waals surface area contributed by atoms with Gasteiger partial charge in [0.25, 0.3) is 0 Å². The minimum absolute atomic E-state index is 0.0258. The molecule has 144 valence electrons. The summed E-state index contributed by atoms with van der Waals surface area (Å²) >= 11 is 1.79. The summed E-state index contributed by atoms with van der Waals surface area (Å²) in [5, 5.41) is 6.72. The van der Waals surface area contributed by atoms with E-state index in [1.807, 2.05) is 36.4 Å². The van der Waals surface area contributed by atoms with E-state index in [1.165, 1.54) is 10.5 Å². The summed E-state index contributed by atoms with van der Waals surface area (Å²) in [7, 11) is 3.48. The van der Waals surface area contributed by atoms with Crippen molar-refractivity contribution >= 4 is 23.6 Å². The summed E-state index contributed by atoms with van der Waals surface area (Å²) in [6, 6.07) is 20.6. The largest absolute Gasteiger partial charge is 0.356 e. The van der Waals surface area contributed by atoms with Crippen LogP contribution in [0.25, 0.3) is 0 Å². The third-order valence-corrected chi connectivity index (χ3v) is 4.94. The average molecular weight is 385 g/mol. The molecule has 0 aliphatic rings. The van der Waals surface area contributed by atoms with Gasteiger partial charge in [0.15, 0.2) is 5.96 Å². The van der Waals surface area contributed by atoms with Gasteiger partial charge in [-0.05, 0) is 24.6 Å². The minimum Gasteiger partial charge on any atom is -0.356 e. The van der Waals surface area contributed by atoms with Crippen molar-refractivity contribution < 1.29 is 4.79 Å². The Kier molecular flexibility index (Phi) is 8.71. The normalized spacial score (nSPS) is 12.3. The Labute approximate surface area is 166 Å². The number of guanidine groups is 1. The van der Waals surface area contributed by atoms with Crippen LogP contribution in [0.1, 0.15) is 18.5 Å². The van der Waals surface area contributed by atoms with Crippen molar-refractivity contribution in [2.75, 3.05) is 32.9 Å². The van der Waals surface area contributed by atoms with Gasteiger partial charge in [-0.3, -0.25) is 4.79 Å². The van der Waals surface area contributed by atoms with E-state index in [2.05, 4.69) is 46.8 Å². The Balaban J connectivity index is 1.92. The fraction of sp³-hybridized carbons (Fsp3) is 0.333. The van der Waals surface area contributed by atoms with E-state index in [1.54, 1.807) is 30.8 Å². The van der Waals surface area contributed by atoms with Crippen molar-refractivity contribution in [3.05, 3.63) is 66.2 Å². The molecule has 0 aliphatic carbocycles. The maximum atomic E-state index is 11.9. The number of thioether (sulfide) groups is 1. The molecule has 1 amide bonds. The number of rotatable bonds is 8. The molecule has 0 radical (unpaired) electrons. The minimum atomic E-state index is -0.0258. The lowest BCUT2D eigenvalue weighted by molar-refractivity contribution is -0.127. The SMILES string of the molecule is CC(NC(=NCC(=O)N(C)C)NCCSc1ccccc1)c1ccccc1. The molecule has 0 saturated heterocycles. The number of carbonyl (C=O) groups is 1. The summed E-state index contributed by atoms with van der Waals surface area (Å²) in [5.74, 6) is 1.53. The lowest BCUT2D eigenvalue weighted by Gasteiger charge is -2.19. The Morgan fingerprint density at radius 2 is 1.70 bits per heavy atom. The van der Waals surface area contributed by atoms with E-state index in [0.29, 0.717) is 5.96 Å². The van der Waals surface area contributed by atoms with Gasteiger partial charge in [-0.15, -0.1) is 11.8 Å². The first kappa shape index (κ1) is 20.8. The number of benzene rings is 2. The highest BCUT2D eigenvalue weighted by molar-refractivity contribution is 7.99. The van der Waals surface area contributed by atoms with Crippen molar-refractivity contribution in [3.63, 3.8) is 0 Å². The van der Waals surface area contributed by atoms with Gasteiger partial charge in [-0.25, -0.2) is 4.99 Å². The molecule has 0 fully saturated rings. The number of amides is 1. The van der Waals surface area contributed by atoms with Crippen LogP contribution in [0.2, 0.25) is 0 Å². The number of nitrogens with zero attached hydrogens (tertiary/aromatic N) is 2. The topological polar surface area (TPSA) is 56.7 Å². The van der Waals surface area contributed by atoms with E-state index in [0.717, 1.165) is 12.3 Å². The number of hydrogen-bond acceptors (Lipinski definition) is 3. The molecule has 0 heterocycles. The lowest BCUT2D eigenvalue weighted by atomic mass is 10.1. The van der Waals surface area contributed by atoms with Crippen molar-refractivity contribution in [2.45, 2.75) is 17.9 Å². The van der Waals surface area contributed by atoms with Crippen LogP contribution >= 0.6 is 11.8 Å². The van der Waals surface area contributed by atoms with Crippen LogP contribution in [-0.2, 0) is 4.79 Å². The van der Waals surface area contributed by atoms with E-state index in [4.69, 9.17) is 0 Å². The van der Waals surface area contributed by atoms with Crippen LogP contribution in [0.15, 0.2) is 70.6 Å². The summed E-state index contributed by atoms with van der Waals surface area (Å²) in [4.78, 5) is 19.1. The summed E-state index contributed by atoms with van der Waals surface area (Å²) in [6.07, 6.45) is 0. The van der Waals surface area contributed by atoms with Crippen LogP contribution in [0, 0.1) is 0 Å². The zero-order valence-corrected chi connectivity index (χ0v) is 17.0. The van der Waals surface area contributed by atoms with Crippen molar-refractivity contribution in [1.29, 1.82) is 0 Å². The Bertz CT molecular complexity index is 719. The molecular weight excluding hydrogens is 356 g/mol. The van der Waals surface area contributed by atoms with Crippen LogP contribution in [0.4, 0.5) is 0 Å². The van der Waals surface area contributed by atoms with Gasteiger partial charge < -0.3 is 15.5 Å². The van der Waals surface area contributed by atoms with Gasteiger partial charge >= 0.3 is 0 Å². The Morgan fingerprint density at radius 1 is 1.07 bits per heavy atom. The predicted molar refractivity (Wildman–Crippen MR) is 114 cm³/mol. The highest BCUT2D eigenvalue weighted by Gasteiger charge is 2.09. The highest BCUT2D eigenvalue weighted by Crippen LogP contribution is 2.16. The maximum absolute atomic E-state index is 11.9. The molecule has 1 atom stereocenters. The van der Waals surface area contributed by atoms with Gasteiger partial charge in [0.05, 0.1) is 6.04 Å². The van der Waals surface area contributed by atoms with Gasteiger partial charge in [0, 0.05) is 31.3 Å². The third kappa shape index (κ3) is 7.74. The average Bonchev–Trinajstić information content (AvgIpc) is 2.70. The number of carbonyl (C=O) groups excluding carboxylic acids is 1. The molecular formula is C21H28N4OS. The highest BCUT2D eigenvalue weighted by atomic mass is 32.2. The second kappa shape index (κ2) is 11.3. The number of hydrogen-bond donors (Lipinski definition) is 2. The van der Waals surface area contributed by atoms with Crippen LogP contribution in [-0.4, -0.2) is 49.7 Å². The second-order valence-electron chi connectivity index (χ2n) is 6.32. The molecule has 2 aromatic carbocycles. The van der Waals surface area contributed by atoms with Crippen LogP contribution in [0.5, 0.6) is 0 Å². The second-order valence-corrected chi connectivity index (χ2v) is 7.49. The molecule has 6 heteroatoms. The monoisotopic (exact) mass is 384 g/mol. The standard InChI is InChI=1S/C21H28N4OS/c1-17(18-10-6-4-7-11-18)24-21(23-16-20(26)25(2)3)22-14-15-27-19-12-8-5-9-13-19/h4-13,17H,14-16H2,1-3H3,(H2,22,23,24). The molecule has 0 saturated carbocycles. The van der Waals surface area contributed by atoms with E-state index < -0.39 is 0 Å². The van der Waals surface area contributed by atoms with Crippen LogP contribution < -0.4 is 10.6 Å². The molecule has 5 nitrogen and oxygen atoms in total. The lowest BCUT2D eigenvalue weighted by Crippen LogP contribution is -2.40. The molecule has 0 aliphatic heterocycles. The van der Waals surface area contributed by atoms with Crippen molar-refractivity contribution in [1.82, 2.24) is 15.5 Å². The first-order chi connectivity index (χ1) is 13.1. The molecule has 0 spiro atoms. The molecule has 2 N–H and O–H groups in total. The molecule has 0 aromatic heterocycles. The summed E-state index contributed by atoms with van der Waals surface area (Å²) in [6.45, 7) is 2.96. The summed E-state index contributed by atoms with van der Waals surface area (Å²) < 4.78 is 0. The molecule has 27 heavy (non-hydrogen) atoms. The van der Waals surface area contributed by atoms with Gasteiger partial charge in [-0.1, -0.05) is 48.5 Å². The van der Waals surface area contributed by atoms with Crippen molar-refractivity contribution in [3.8, 4) is 0 Å². The van der Waals surface area contributed by atoms with Gasteiger partial charge in [-0.2, -0.15) is 0 Å². The Hall–Kier alpha value is -2.47. The van der Waals surface area contributed by atoms with E-state index >= 15 is 0 Å². The number of likely N-dealkylation sites (N-methyl/N-ethyl adjacent to an activating group) is 1. The summed E-state index contributed by atoms with van der Waals surface area (Å²) in [5.41, 5.74) is 1.17. The molecule has 2 aromatic rings. The van der Waals surface area contributed by atoms with E-state index in [9.17, 15) is 4.79 Å². The third-order valence-electron chi connectivity index (χ3n) is 3.93. The van der Waals surface area contributed by atoms with E-state index in [-0.39, 0.29) is 18.5 Å².